The van der Waals surface area contributed by atoms with E-state index in [-0.39, 0.29) is 0 Å². The zero-order valence-corrected chi connectivity index (χ0v) is 10.9. The molecule has 0 aliphatic rings. The molecule has 0 aliphatic heterocycles. The molecule has 0 atom stereocenters. The summed E-state index contributed by atoms with van der Waals surface area (Å²) in [6.07, 6.45) is 0.785. The van der Waals surface area contributed by atoms with Crippen LogP contribution in [0.2, 0.25) is 10.0 Å². The molecule has 0 aromatic heterocycles. The van der Waals surface area contributed by atoms with Gasteiger partial charge in [0, 0.05) is 14.9 Å². The summed E-state index contributed by atoms with van der Waals surface area (Å²) in [5.41, 5.74) is 2.24. The fourth-order valence-electron chi connectivity index (χ4n) is 1.51. The lowest BCUT2D eigenvalue weighted by atomic mass is 10.1. The van der Waals surface area contributed by atoms with Crippen LogP contribution in [0.4, 0.5) is 0 Å². The van der Waals surface area contributed by atoms with Gasteiger partial charge in [-0.25, -0.2) is 0 Å². The second kappa shape index (κ2) is 5.13. The summed E-state index contributed by atoms with van der Waals surface area (Å²) in [4.78, 5) is 0.959. The van der Waals surface area contributed by atoms with Crippen LogP contribution in [-0.2, 0) is 6.42 Å². The molecular formula is C13H10Cl2S. The third kappa shape index (κ3) is 2.94. The molecule has 0 spiro atoms. The lowest BCUT2D eigenvalue weighted by molar-refractivity contribution is 1.18. The molecule has 0 heterocycles. The summed E-state index contributed by atoms with van der Waals surface area (Å²) in [6, 6.07) is 13.5. The fraction of sp³-hybridized carbons (Fsp3) is 0.0769. The highest BCUT2D eigenvalue weighted by Crippen LogP contribution is 2.23. The van der Waals surface area contributed by atoms with Crippen molar-refractivity contribution in [2.45, 2.75) is 11.3 Å². The van der Waals surface area contributed by atoms with Gasteiger partial charge < -0.3 is 0 Å². The summed E-state index contributed by atoms with van der Waals surface area (Å²) in [6.45, 7) is 0. The fourth-order valence-corrected chi connectivity index (χ4v) is 2.04. The van der Waals surface area contributed by atoms with Crippen LogP contribution < -0.4 is 0 Å². The Labute approximate surface area is 111 Å². The Morgan fingerprint density at radius 3 is 2.31 bits per heavy atom. The van der Waals surface area contributed by atoms with E-state index in [4.69, 9.17) is 23.2 Å². The third-order valence-electron chi connectivity index (χ3n) is 2.34. The van der Waals surface area contributed by atoms with Crippen LogP contribution in [0.5, 0.6) is 0 Å². The summed E-state index contributed by atoms with van der Waals surface area (Å²) in [5.74, 6) is 0. The van der Waals surface area contributed by atoms with Gasteiger partial charge in [-0.15, -0.1) is 12.6 Å². The van der Waals surface area contributed by atoms with Crippen LogP contribution in [0.3, 0.4) is 0 Å². The average molecular weight is 269 g/mol. The van der Waals surface area contributed by atoms with Gasteiger partial charge in [-0.2, -0.15) is 0 Å². The minimum Gasteiger partial charge on any atom is -0.143 e. The Morgan fingerprint density at radius 1 is 0.938 bits per heavy atom. The molecule has 0 saturated heterocycles. The number of thiol groups is 1. The Hall–Kier alpha value is -0.630. The summed E-state index contributed by atoms with van der Waals surface area (Å²) in [7, 11) is 0. The molecule has 0 N–H and O–H groups in total. The smallest absolute Gasteiger partial charge is 0.0442 e. The SMILES string of the molecule is Sc1ccc(Cc2cc(Cl)ccc2Cl)cc1. The molecule has 0 aliphatic carbocycles. The number of benzene rings is 2. The molecule has 0 unspecified atom stereocenters. The first-order valence-corrected chi connectivity index (χ1v) is 6.07. The van der Waals surface area contributed by atoms with Gasteiger partial charge in [0.05, 0.1) is 0 Å². The lowest BCUT2D eigenvalue weighted by Crippen LogP contribution is -1.89. The van der Waals surface area contributed by atoms with Crippen molar-refractivity contribution in [3.63, 3.8) is 0 Å². The van der Waals surface area contributed by atoms with Crippen LogP contribution in [-0.4, -0.2) is 0 Å². The summed E-state index contributed by atoms with van der Waals surface area (Å²) >= 11 is 16.3. The van der Waals surface area contributed by atoms with Gasteiger partial charge in [0.15, 0.2) is 0 Å². The zero-order valence-electron chi connectivity index (χ0n) is 8.45. The van der Waals surface area contributed by atoms with E-state index in [2.05, 4.69) is 12.6 Å². The quantitative estimate of drug-likeness (QED) is 0.738. The molecule has 2 aromatic rings. The minimum absolute atomic E-state index is 0.713. The average Bonchev–Trinajstić information content (AvgIpc) is 2.27. The van der Waals surface area contributed by atoms with Gasteiger partial charge in [-0.05, 0) is 47.9 Å². The van der Waals surface area contributed by atoms with Crippen LogP contribution in [0.25, 0.3) is 0 Å². The summed E-state index contributed by atoms with van der Waals surface area (Å²) < 4.78 is 0. The maximum atomic E-state index is 6.10. The molecule has 82 valence electrons. The first kappa shape index (κ1) is 11.8. The Kier molecular flexibility index (Phi) is 3.80. The molecule has 0 fully saturated rings. The van der Waals surface area contributed by atoms with Crippen molar-refractivity contribution in [2.75, 3.05) is 0 Å². The highest BCUT2D eigenvalue weighted by atomic mass is 35.5. The molecule has 0 radical (unpaired) electrons. The molecule has 16 heavy (non-hydrogen) atoms. The zero-order chi connectivity index (χ0) is 11.5. The first-order valence-electron chi connectivity index (χ1n) is 4.87. The van der Waals surface area contributed by atoms with Crippen LogP contribution in [0.1, 0.15) is 11.1 Å². The number of rotatable bonds is 2. The summed E-state index contributed by atoms with van der Waals surface area (Å²) in [5, 5.41) is 1.46. The largest absolute Gasteiger partial charge is 0.143 e. The van der Waals surface area contributed by atoms with Crippen molar-refractivity contribution >= 4 is 35.8 Å². The molecule has 2 rings (SSSR count). The highest BCUT2D eigenvalue weighted by molar-refractivity contribution is 7.80. The topological polar surface area (TPSA) is 0 Å². The van der Waals surface area contributed by atoms with Crippen molar-refractivity contribution in [3.05, 3.63) is 63.6 Å². The predicted octanol–water partition coefficient (Wildman–Crippen LogP) is 4.87. The van der Waals surface area contributed by atoms with Gasteiger partial charge in [-0.1, -0.05) is 35.3 Å². The number of hydrogen-bond acceptors (Lipinski definition) is 1. The maximum absolute atomic E-state index is 6.10. The van der Waals surface area contributed by atoms with E-state index in [9.17, 15) is 0 Å². The van der Waals surface area contributed by atoms with Crippen molar-refractivity contribution < 1.29 is 0 Å². The second-order valence-corrected chi connectivity index (χ2v) is 4.94. The number of halogens is 2. The molecule has 0 nitrogen and oxygen atoms in total. The van der Waals surface area contributed by atoms with Gasteiger partial charge in [0.25, 0.3) is 0 Å². The molecule has 0 saturated carbocycles. The minimum atomic E-state index is 0.713. The van der Waals surface area contributed by atoms with Gasteiger partial charge in [-0.3, -0.25) is 0 Å². The first-order chi connectivity index (χ1) is 7.65. The molecule has 2 aromatic carbocycles. The van der Waals surface area contributed by atoms with Crippen molar-refractivity contribution in [1.29, 1.82) is 0 Å². The molecule has 3 heteroatoms. The van der Waals surface area contributed by atoms with E-state index in [1.807, 2.05) is 36.4 Å². The van der Waals surface area contributed by atoms with Crippen molar-refractivity contribution in [3.8, 4) is 0 Å². The van der Waals surface area contributed by atoms with Crippen LogP contribution in [0, 0.1) is 0 Å². The normalized spacial score (nSPS) is 10.4. The van der Waals surface area contributed by atoms with Crippen molar-refractivity contribution in [1.82, 2.24) is 0 Å². The van der Waals surface area contributed by atoms with E-state index >= 15 is 0 Å². The Morgan fingerprint density at radius 2 is 1.62 bits per heavy atom. The van der Waals surface area contributed by atoms with E-state index in [1.165, 1.54) is 5.56 Å². The van der Waals surface area contributed by atoms with Crippen LogP contribution in [0.15, 0.2) is 47.4 Å². The van der Waals surface area contributed by atoms with E-state index in [1.54, 1.807) is 6.07 Å². The van der Waals surface area contributed by atoms with E-state index in [0.717, 1.165) is 21.9 Å². The lowest BCUT2D eigenvalue weighted by Gasteiger charge is -2.05. The Balaban J connectivity index is 2.26. The molecule has 0 amide bonds. The predicted molar refractivity (Wildman–Crippen MR) is 73.0 cm³/mol. The van der Waals surface area contributed by atoms with Crippen molar-refractivity contribution in [2.24, 2.45) is 0 Å². The van der Waals surface area contributed by atoms with Gasteiger partial charge in [0.1, 0.15) is 0 Å². The molecule has 0 bridgehead atoms. The number of hydrogen-bond donors (Lipinski definition) is 1. The maximum Gasteiger partial charge on any atom is 0.0442 e. The molecular weight excluding hydrogens is 259 g/mol. The van der Waals surface area contributed by atoms with E-state index in [0.29, 0.717) is 5.02 Å². The Bertz CT molecular complexity index is 492. The monoisotopic (exact) mass is 268 g/mol. The van der Waals surface area contributed by atoms with E-state index < -0.39 is 0 Å². The highest BCUT2D eigenvalue weighted by Gasteiger charge is 2.02. The van der Waals surface area contributed by atoms with Crippen LogP contribution >= 0.6 is 35.8 Å². The third-order valence-corrected chi connectivity index (χ3v) is 3.24. The standard InChI is InChI=1S/C13H10Cl2S/c14-11-3-6-13(15)10(8-11)7-9-1-4-12(16)5-2-9/h1-6,8,16H,7H2. The second-order valence-electron chi connectivity index (χ2n) is 3.58. The van der Waals surface area contributed by atoms with Gasteiger partial charge >= 0.3 is 0 Å². The van der Waals surface area contributed by atoms with Gasteiger partial charge in [0.2, 0.25) is 0 Å².